The summed E-state index contributed by atoms with van der Waals surface area (Å²) >= 11 is 0. The first-order valence-electron chi connectivity index (χ1n) is 7.69. The monoisotopic (exact) mass is 329 g/mol. The molecular formula is C17H19N3O4. The molecule has 2 aromatic rings. The van der Waals surface area contributed by atoms with Crippen LogP contribution in [0, 0.1) is 0 Å². The van der Waals surface area contributed by atoms with Gasteiger partial charge in [-0.3, -0.25) is 4.79 Å². The van der Waals surface area contributed by atoms with E-state index in [1.54, 1.807) is 4.90 Å². The van der Waals surface area contributed by atoms with Crippen LogP contribution in [0.1, 0.15) is 10.4 Å². The third kappa shape index (κ3) is 4.06. The molecule has 1 aromatic heterocycles. The molecule has 24 heavy (non-hydrogen) atoms. The molecule has 1 N–H and O–H groups in total. The van der Waals surface area contributed by atoms with E-state index in [4.69, 9.17) is 9.47 Å². The molecule has 7 heteroatoms. The van der Waals surface area contributed by atoms with Crippen LogP contribution < -0.4 is 4.74 Å². The van der Waals surface area contributed by atoms with Crippen molar-refractivity contribution in [2.75, 3.05) is 32.9 Å². The van der Waals surface area contributed by atoms with Gasteiger partial charge in [0.1, 0.15) is 24.3 Å². The van der Waals surface area contributed by atoms with Gasteiger partial charge < -0.3 is 19.5 Å². The van der Waals surface area contributed by atoms with E-state index in [-0.39, 0.29) is 25.7 Å². The number of ether oxygens (including phenoxy) is 2. The molecule has 1 amide bonds. The Hall–Kier alpha value is -2.51. The van der Waals surface area contributed by atoms with Crippen LogP contribution in [0.25, 0.3) is 0 Å². The first-order chi connectivity index (χ1) is 11.7. The Bertz CT molecular complexity index is 668. The first-order valence-corrected chi connectivity index (χ1v) is 7.69. The van der Waals surface area contributed by atoms with Crippen LogP contribution in [0.5, 0.6) is 5.75 Å². The number of hydrogen-bond donors (Lipinski definition) is 1. The minimum Gasteiger partial charge on any atom is -0.490 e. The van der Waals surface area contributed by atoms with Gasteiger partial charge in [0.2, 0.25) is 0 Å². The molecule has 1 fully saturated rings. The Kier molecular flexibility index (Phi) is 5.02. The minimum atomic E-state index is -1.28. The third-order valence-corrected chi connectivity index (χ3v) is 3.71. The molecule has 0 bridgehead atoms. The normalized spacial score (nSPS) is 21.1. The van der Waals surface area contributed by atoms with Crippen LogP contribution in [0.4, 0.5) is 0 Å². The second-order valence-corrected chi connectivity index (χ2v) is 5.73. The summed E-state index contributed by atoms with van der Waals surface area (Å²) in [6.07, 6.45) is 4.29. The van der Waals surface area contributed by atoms with Gasteiger partial charge in [-0.05, 0) is 12.1 Å². The van der Waals surface area contributed by atoms with Crippen molar-refractivity contribution in [1.82, 2.24) is 14.9 Å². The summed E-state index contributed by atoms with van der Waals surface area (Å²) in [6.45, 7) is 1.00. The van der Waals surface area contributed by atoms with Crippen molar-refractivity contribution in [3.05, 3.63) is 54.6 Å². The number of carbonyl (C=O) groups is 1. The average Bonchev–Trinajstić information content (AvgIpc) is 2.83. The van der Waals surface area contributed by atoms with Crippen LogP contribution >= 0.6 is 0 Å². The summed E-state index contributed by atoms with van der Waals surface area (Å²) in [5.74, 6) is 0.420. The van der Waals surface area contributed by atoms with E-state index in [9.17, 15) is 9.90 Å². The number of amides is 1. The molecule has 1 aliphatic rings. The van der Waals surface area contributed by atoms with Crippen molar-refractivity contribution in [2.45, 2.75) is 5.60 Å². The van der Waals surface area contributed by atoms with Crippen LogP contribution in [-0.4, -0.2) is 64.4 Å². The maximum Gasteiger partial charge on any atom is 0.257 e. The molecule has 0 aliphatic carbocycles. The fourth-order valence-electron chi connectivity index (χ4n) is 2.50. The van der Waals surface area contributed by atoms with Crippen molar-refractivity contribution in [1.29, 1.82) is 0 Å². The first kappa shape index (κ1) is 16.4. The maximum atomic E-state index is 12.6. The number of para-hydroxylation sites is 1. The summed E-state index contributed by atoms with van der Waals surface area (Å²) in [6, 6.07) is 9.22. The molecule has 3 rings (SSSR count). The summed E-state index contributed by atoms with van der Waals surface area (Å²) < 4.78 is 11.1. The molecule has 126 valence electrons. The SMILES string of the molecule is O=C(c1cncnc1)N1CCOCC(O)(COc2ccccc2)C1. The number of rotatable bonds is 4. The van der Waals surface area contributed by atoms with Crippen molar-refractivity contribution >= 4 is 5.91 Å². The van der Waals surface area contributed by atoms with Gasteiger partial charge in [-0.2, -0.15) is 0 Å². The molecule has 1 unspecified atom stereocenters. The highest BCUT2D eigenvalue weighted by molar-refractivity contribution is 5.93. The minimum absolute atomic E-state index is 0.0338. The number of aliphatic hydroxyl groups is 1. The van der Waals surface area contributed by atoms with Gasteiger partial charge in [0.25, 0.3) is 5.91 Å². The predicted octanol–water partition coefficient (Wildman–Crippen LogP) is 0.759. The standard InChI is InChI=1S/C17H19N3O4/c21-16(14-8-18-13-19-9-14)20-6-7-23-11-17(22,10-20)12-24-15-4-2-1-3-5-15/h1-5,8-9,13,22H,6-7,10-12H2. The number of carbonyl (C=O) groups excluding carboxylic acids is 1. The zero-order chi connectivity index (χ0) is 16.8. The molecule has 1 atom stereocenters. The summed E-state index contributed by atoms with van der Waals surface area (Å²) in [5.41, 5.74) is -0.900. The van der Waals surface area contributed by atoms with E-state index in [0.717, 1.165) is 0 Å². The Morgan fingerprint density at radius 1 is 1.29 bits per heavy atom. The quantitative estimate of drug-likeness (QED) is 0.891. The van der Waals surface area contributed by atoms with Crippen LogP contribution in [-0.2, 0) is 4.74 Å². The average molecular weight is 329 g/mol. The summed E-state index contributed by atoms with van der Waals surface area (Å²) in [7, 11) is 0. The predicted molar refractivity (Wildman–Crippen MR) is 85.6 cm³/mol. The molecular weight excluding hydrogens is 310 g/mol. The molecule has 7 nitrogen and oxygen atoms in total. The third-order valence-electron chi connectivity index (χ3n) is 3.71. The Labute approximate surface area is 139 Å². The maximum absolute atomic E-state index is 12.6. The topological polar surface area (TPSA) is 84.8 Å². The fraction of sp³-hybridized carbons (Fsp3) is 0.353. The fourth-order valence-corrected chi connectivity index (χ4v) is 2.50. The number of hydrogen-bond acceptors (Lipinski definition) is 6. The van der Waals surface area contributed by atoms with Gasteiger partial charge in [0.05, 0.1) is 25.3 Å². The van der Waals surface area contributed by atoms with Gasteiger partial charge in [-0.1, -0.05) is 18.2 Å². The number of benzene rings is 1. The lowest BCUT2D eigenvalue weighted by Gasteiger charge is -2.30. The van der Waals surface area contributed by atoms with E-state index in [0.29, 0.717) is 24.5 Å². The highest BCUT2D eigenvalue weighted by atomic mass is 16.5. The number of β-amino-alcohol motifs (C(OH)–C–C–N with tert-alkyl or cyclic N) is 1. The van der Waals surface area contributed by atoms with Gasteiger partial charge in [0, 0.05) is 18.9 Å². The van der Waals surface area contributed by atoms with Gasteiger partial charge in [0.15, 0.2) is 0 Å². The highest BCUT2D eigenvalue weighted by Crippen LogP contribution is 2.17. The molecule has 0 radical (unpaired) electrons. The molecule has 1 aliphatic heterocycles. The molecule has 1 aromatic carbocycles. The molecule has 0 saturated carbocycles. The van der Waals surface area contributed by atoms with E-state index < -0.39 is 5.60 Å². The lowest BCUT2D eigenvalue weighted by Crippen LogP contribution is -2.50. The van der Waals surface area contributed by atoms with Crippen molar-refractivity contribution in [3.8, 4) is 5.75 Å². The molecule has 2 heterocycles. The van der Waals surface area contributed by atoms with Crippen LogP contribution in [0.2, 0.25) is 0 Å². The lowest BCUT2D eigenvalue weighted by molar-refractivity contribution is -0.0621. The second kappa shape index (κ2) is 7.37. The second-order valence-electron chi connectivity index (χ2n) is 5.73. The smallest absolute Gasteiger partial charge is 0.257 e. The van der Waals surface area contributed by atoms with Crippen LogP contribution in [0.15, 0.2) is 49.1 Å². The number of nitrogens with zero attached hydrogens (tertiary/aromatic N) is 3. The van der Waals surface area contributed by atoms with Crippen molar-refractivity contribution in [3.63, 3.8) is 0 Å². The Morgan fingerprint density at radius 2 is 2.04 bits per heavy atom. The zero-order valence-electron chi connectivity index (χ0n) is 13.2. The molecule has 1 saturated heterocycles. The van der Waals surface area contributed by atoms with Gasteiger partial charge >= 0.3 is 0 Å². The van der Waals surface area contributed by atoms with Gasteiger partial charge in [-0.25, -0.2) is 9.97 Å². The number of aromatic nitrogens is 2. The van der Waals surface area contributed by atoms with E-state index in [1.807, 2.05) is 30.3 Å². The zero-order valence-corrected chi connectivity index (χ0v) is 13.2. The highest BCUT2D eigenvalue weighted by Gasteiger charge is 2.35. The van der Waals surface area contributed by atoms with Crippen molar-refractivity contribution < 1.29 is 19.4 Å². The van der Waals surface area contributed by atoms with Gasteiger partial charge in [-0.15, -0.1) is 0 Å². The largest absolute Gasteiger partial charge is 0.490 e. The van der Waals surface area contributed by atoms with E-state index in [2.05, 4.69) is 9.97 Å². The summed E-state index contributed by atoms with van der Waals surface area (Å²) in [5, 5.41) is 10.8. The summed E-state index contributed by atoms with van der Waals surface area (Å²) in [4.78, 5) is 21.8. The van der Waals surface area contributed by atoms with E-state index in [1.165, 1.54) is 18.7 Å². The lowest BCUT2D eigenvalue weighted by atomic mass is 10.1. The molecule has 0 spiro atoms. The Morgan fingerprint density at radius 3 is 2.79 bits per heavy atom. The van der Waals surface area contributed by atoms with Crippen molar-refractivity contribution in [2.24, 2.45) is 0 Å². The van der Waals surface area contributed by atoms with Crippen LogP contribution in [0.3, 0.4) is 0 Å². The van der Waals surface area contributed by atoms with E-state index >= 15 is 0 Å². The Balaban J connectivity index is 1.68.